The van der Waals surface area contributed by atoms with Gasteiger partial charge in [-0.25, -0.2) is 0 Å². The minimum atomic E-state index is 0.173. The molecule has 0 radical (unpaired) electrons. The van der Waals surface area contributed by atoms with E-state index in [2.05, 4.69) is 237 Å². The Kier molecular flexibility index (Phi) is 50.2. The number of hydrogen-bond acceptors (Lipinski definition) is 16. The minimum absolute atomic E-state index is 0.173. The van der Waals surface area contributed by atoms with Gasteiger partial charge < -0.3 is 36.5 Å². The Hall–Kier alpha value is 4.22. The fourth-order valence-corrected chi connectivity index (χ4v) is 37.8. The Morgan fingerprint density at radius 3 is 0.778 bits per heavy atom. The van der Waals surface area contributed by atoms with Gasteiger partial charge in [-0.1, -0.05) is 133 Å². The molecule has 0 amide bonds. The van der Waals surface area contributed by atoms with Gasteiger partial charge in [0.1, 0.15) is 0 Å². The van der Waals surface area contributed by atoms with Crippen molar-refractivity contribution < 1.29 is 0 Å². The Morgan fingerprint density at radius 1 is 0.278 bits per heavy atom. The lowest BCUT2D eigenvalue weighted by Gasteiger charge is -2.40. The van der Waals surface area contributed by atoms with Gasteiger partial charge in [-0.15, -0.1) is 0 Å². The van der Waals surface area contributed by atoms with Gasteiger partial charge in [0.2, 0.25) is 0 Å². The average Bonchev–Trinajstić information content (AvgIpc) is 3.36. The van der Waals surface area contributed by atoms with E-state index in [1.54, 1.807) is 0 Å². The zero-order valence-corrected chi connectivity index (χ0v) is 67.9. The number of nitrogens with zero attached hydrogens (tertiary/aromatic N) is 8. The number of unbranched alkanes of at least 4 members (excludes halogenated alkanes) is 6. The third kappa shape index (κ3) is 32.7. The summed E-state index contributed by atoms with van der Waals surface area (Å²) in [7, 11) is 6.09. The lowest BCUT2D eigenvalue weighted by Crippen LogP contribution is -2.45. The van der Waals surface area contributed by atoms with Gasteiger partial charge in [0.25, 0.3) is 0 Å². The first-order chi connectivity index (χ1) is 34.8. The predicted octanol–water partition coefficient (Wildman–Crippen LogP) is 9.44. The van der Waals surface area contributed by atoms with Gasteiger partial charge in [0.05, 0.1) is 0 Å². The van der Waals surface area contributed by atoms with Crippen molar-refractivity contribution in [2.45, 2.75) is 255 Å². The molecular formula is C48H120N8S8Si8. The Morgan fingerprint density at radius 2 is 0.569 bits per heavy atom. The van der Waals surface area contributed by atoms with Crippen molar-refractivity contribution in [1.82, 2.24) is 36.5 Å². The van der Waals surface area contributed by atoms with E-state index in [1.807, 2.05) is 0 Å². The molecular weight excluding hydrogens is 1170 g/mol. The summed E-state index contributed by atoms with van der Waals surface area (Å²) in [4.78, 5) is 0. The van der Waals surface area contributed by atoms with Crippen LogP contribution in [0.1, 0.15) is 213 Å². The standard InChI is InChI=1S/C9H21NSSi.C8H19NSSi.C7H17NSSi.2C6H15NSSi.C5H13NSSi.C4H11NSSi.C3H9NSSi/c1-3-5-7-9-10(12-11-9)8-6-4-2;1-3-5-6-8-9(7-4-2)11-10-8;1-3-5-6-7-8(4-2)10-9-7;1-3-4-5-6-7(2)9-8-6;1-3-4-5-7-6(2)8-9-7;1-3-4-6-5(2)7-8-6;1-3-5-4(2)6-7-5;1-3-4(2)6-5-3/h9H,3-8,12H2,1-2H3;8H,3-7,11H2,1-2H3;7H,3-6,10H2,1-2H3;2*6H,3-5,9H2,1-2H3;5H,3-4,8H2,1-2H3;4H,3,7H2,1-2H3;3H,6H2,1-2H3. The molecule has 8 heterocycles. The summed E-state index contributed by atoms with van der Waals surface area (Å²) in [5.41, 5.74) is 0. The largest absolute Gasteiger partial charge is 0.312 e. The minimum Gasteiger partial charge on any atom is -0.312 e. The van der Waals surface area contributed by atoms with Crippen LogP contribution in [0.15, 0.2) is 0 Å². The van der Waals surface area contributed by atoms with Crippen LogP contribution in [0.3, 0.4) is 0 Å². The summed E-state index contributed by atoms with van der Waals surface area (Å²) in [5.74, 6) is 0. The Bertz CT molecular complexity index is 1190. The molecule has 0 saturated carbocycles. The van der Waals surface area contributed by atoms with Gasteiger partial charge in [0, 0.05) is 43.0 Å². The predicted molar refractivity (Wildman–Crippen MR) is 378 cm³/mol. The summed E-state index contributed by atoms with van der Waals surface area (Å²) in [5, 5.41) is 7.14. The Balaban J connectivity index is 0.000000414. The highest BCUT2D eigenvalue weighted by molar-refractivity contribution is 8.26. The zero-order chi connectivity index (χ0) is 53.5. The summed E-state index contributed by atoms with van der Waals surface area (Å²) in [6.07, 6.45) is 25.0. The zero-order valence-electron chi connectivity index (χ0n) is 50.1. The summed E-state index contributed by atoms with van der Waals surface area (Å²) < 4.78 is 21.1. The van der Waals surface area contributed by atoms with Crippen LogP contribution >= 0.6 is 89.7 Å². The second-order valence-electron chi connectivity index (χ2n) is 20.4. The number of hydrogen-bond donors (Lipinski definition) is 0. The quantitative estimate of drug-likeness (QED) is 0.0859. The second-order valence-corrected chi connectivity index (χ2v) is 51.1. The normalized spacial score (nSPS) is 30.7. The average molecular weight is 1290 g/mol. The lowest BCUT2D eigenvalue weighted by atomic mass is 10.2. The molecule has 432 valence electrons. The van der Waals surface area contributed by atoms with Crippen LogP contribution in [0.2, 0.25) is 0 Å². The molecule has 0 spiro atoms. The Labute approximate surface area is 500 Å². The van der Waals surface area contributed by atoms with Crippen molar-refractivity contribution in [1.29, 1.82) is 0 Å². The first-order valence-electron chi connectivity index (χ1n) is 29.6. The second kappa shape index (κ2) is 48.7. The molecule has 8 unspecified atom stereocenters. The molecule has 8 rings (SSSR count). The highest BCUT2D eigenvalue weighted by Gasteiger charge is 2.29. The highest BCUT2D eigenvalue weighted by atomic mass is 32.4. The van der Waals surface area contributed by atoms with Gasteiger partial charge in [-0.05, 0) is 132 Å². The fraction of sp³-hybridized carbons (Fsp3) is 1.00. The third-order valence-corrected chi connectivity index (χ3v) is 55.8. The summed E-state index contributed by atoms with van der Waals surface area (Å²) in [6.45, 7) is 39.9. The molecule has 0 bridgehead atoms. The van der Waals surface area contributed by atoms with Crippen molar-refractivity contribution in [2.24, 2.45) is 0 Å². The SMILES string of the molecule is CC1S[SiH2]N1C.CCCCC1S[SiH2]N1C.CCCCC1S[SiH2]N1CC.CCCCC1S[SiH2]N1CCC.CCCCC1S[SiH2]N1CCCC.CCCCN1[SiH2]SC1C.CCCN1[SiH2]SC1C.CCN1[SiH2]SC1C. The topological polar surface area (TPSA) is 25.9 Å². The third-order valence-electron chi connectivity index (χ3n) is 14.3. The van der Waals surface area contributed by atoms with Crippen LogP contribution in [-0.4, -0.2) is 204 Å². The molecule has 0 aromatic rings. The van der Waals surface area contributed by atoms with Crippen LogP contribution in [0.4, 0.5) is 0 Å². The van der Waals surface area contributed by atoms with Gasteiger partial charge in [-0.2, -0.15) is 89.7 Å². The van der Waals surface area contributed by atoms with Gasteiger partial charge in [0.15, 0.2) is 70.6 Å². The smallest absolute Gasteiger partial charge is 0.161 e. The van der Waals surface area contributed by atoms with E-state index in [1.165, 1.54) is 155 Å². The van der Waals surface area contributed by atoms with Crippen LogP contribution in [0.5, 0.6) is 0 Å². The molecule has 8 aliphatic heterocycles. The maximum atomic E-state index is 2.77. The molecule has 0 aromatic carbocycles. The molecule has 0 aliphatic carbocycles. The molecule has 72 heavy (non-hydrogen) atoms. The van der Waals surface area contributed by atoms with Crippen molar-refractivity contribution >= 4 is 160 Å². The van der Waals surface area contributed by atoms with E-state index in [4.69, 9.17) is 0 Å². The summed E-state index contributed by atoms with van der Waals surface area (Å²) in [6, 6.07) is 0. The maximum absolute atomic E-state index is 2.77. The van der Waals surface area contributed by atoms with E-state index < -0.39 is 0 Å². The molecule has 8 nitrogen and oxygen atoms in total. The monoisotopic (exact) mass is 1290 g/mol. The molecule has 8 fully saturated rings. The maximum Gasteiger partial charge on any atom is 0.161 e. The lowest BCUT2D eigenvalue weighted by molar-refractivity contribution is 0.379. The van der Waals surface area contributed by atoms with Crippen LogP contribution in [-0.2, 0) is 0 Å². The fourth-order valence-electron chi connectivity index (χ4n) is 8.01. The van der Waals surface area contributed by atoms with E-state index in [0.717, 1.165) is 43.0 Å². The molecule has 0 N–H and O–H groups in total. The molecule has 24 heteroatoms. The van der Waals surface area contributed by atoms with Crippen molar-refractivity contribution in [3.05, 3.63) is 0 Å². The van der Waals surface area contributed by atoms with E-state index in [0.29, 0.717) is 0 Å². The molecule has 0 aromatic heterocycles. The van der Waals surface area contributed by atoms with Gasteiger partial charge >= 0.3 is 0 Å². The summed E-state index contributed by atoms with van der Waals surface area (Å²) >= 11 is 17.6. The van der Waals surface area contributed by atoms with Crippen molar-refractivity contribution in [2.75, 3.05) is 53.4 Å². The van der Waals surface area contributed by atoms with E-state index in [9.17, 15) is 0 Å². The van der Waals surface area contributed by atoms with Crippen molar-refractivity contribution in [3.8, 4) is 0 Å². The highest BCUT2D eigenvalue weighted by Crippen LogP contribution is 2.33. The van der Waals surface area contributed by atoms with E-state index >= 15 is 0 Å². The first kappa shape index (κ1) is 74.2. The van der Waals surface area contributed by atoms with E-state index in [-0.39, 0.29) is 70.6 Å². The molecule has 8 aliphatic rings. The molecule has 8 atom stereocenters. The van der Waals surface area contributed by atoms with Crippen molar-refractivity contribution in [3.63, 3.8) is 0 Å². The number of rotatable bonds is 24. The van der Waals surface area contributed by atoms with Crippen LogP contribution in [0.25, 0.3) is 0 Å². The molecule has 8 saturated heterocycles. The first-order valence-corrected chi connectivity index (χ1v) is 56.9. The van der Waals surface area contributed by atoms with Gasteiger partial charge in [-0.3, -0.25) is 0 Å². The van der Waals surface area contributed by atoms with Crippen LogP contribution in [0, 0.1) is 0 Å². The van der Waals surface area contributed by atoms with Crippen LogP contribution < -0.4 is 0 Å².